The minimum atomic E-state index is -0.187. The van der Waals surface area contributed by atoms with Gasteiger partial charge in [0.1, 0.15) is 0 Å². The second-order valence-corrected chi connectivity index (χ2v) is 8.60. The Morgan fingerprint density at radius 1 is 1.32 bits per heavy atom. The fourth-order valence-corrected chi connectivity index (χ4v) is 2.59. The van der Waals surface area contributed by atoms with Gasteiger partial charge in [-0.25, -0.2) is 0 Å². The zero-order chi connectivity index (χ0) is 16.3. The summed E-state index contributed by atoms with van der Waals surface area (Å²) < 4.78 is 0.0344. The van der Waals surface area contributed by atoms with Gasteiger partial charge in [-0.2, -0.15) is 0 Å². The van der Waals surface area contributed by atoms with Gasteiger partial charge in [0.2, 0.25) is 5.91 Å². The van der Waals surface area contributed by atoms with Crippen LogP contribution in [0.3, 0.4) is 0 Å². The highest BCUT2D eigenvalue weighted by Gasteiger charge is 2.25. The Bertz CT molecular complexity index is 580. The lowest BCUT2D eigenvalue weighted by molar-refractivity contribution is -0.113. The van der Waals surface area contributed by atoms with Crippen LogP contribution in [0.2, 0.25) is 5.02 Å². The van der Waals surface area contributed by atoms with Gasteiger partial charge in [0.25, 0.3) is 5.91 Å². The van der Waals surface area contributed by atoms with Gasteiger partial charge in [-0.15, -0.1) is 11.8 Å². The number of benzene rings is 1. The average Bonchev–Trinajstić information content (AvgIpc) is 3.21. The number of thioether (sulfide) groups is 1. The van der Waals surface area contributed by atoms with Crippen molar-refractivity contribution in [2.75, 3.05) is 11.1 Å². The summed E-state index contributed by atoms with van der Waals surface area (Å²) in [6, 6.07) is 5.23. The van der Waals surface area contributed by atoms with Crippen LogP contribution in [0.4, 0.5) is 5.69 Å². The number of hydrogen-bond donors (Lipinski definition) is 2. The van der Waals surface area contributed by atoms with E-state index < -0.39 is 0 Å². The first-order valence-corrected chi connectivity index (χ1v) is 8.65. The molecule has 1 aliphatic rings. The van der Waals surface area contributed by atoms with Crippen molar-refractivity contribution in [2.45, 2.75) is 44.4 Å². The van der Waals surface area contributed by atoms with E-state index in [0.717, 1.165) is 12.8 Å². The molecule has 0 spiro atoms. The topological polar surface area (TPSA) is 58.2 Å². The van der Waals surface area contributed by atoms with Crippen LogP contribution in [0.25, 0.3) is 0 Å². The molecule has 1 saturated carbocycles. The van der Waals surface area contributed by atoms with Gasteiger partial charge in [-0.3, -0.25) is 9.59 Å². The van der Waals surface area contributed by atoms with Crippen LogP contribution in [0.15, 0.2) is 18.2 Å². The molecular weight excluding hydrogens is 320 g/mol. The van der Waals surface area contributed by atoms with Crippen molar-refractivity contribution in [3.63, 3.8) is 0 Å². The van der Waals surface area contributed by atoms with E-state index >= 15 is 0 Å². The molecule has 2 rings (SSSR count). The maximum Gasteiger partial charge on any atom is 0.253 e. The van der Waals surface area contributed by atoms with Gasteiger partial charge in [-0.1, -0.05) is 32.4 Å². The van der Waals surface area contributed by atoms with Crippen LogP contribution >= 0.6 is 23.4 Å². The molecule has 0 aromatic heterocycles. The van der Waals surface area contributed by atoms with Crippen LogP contribution in [-0.4, -0.2) is 28.4 Å². The lowest BCUT2D eigenvalue weighted by Gasteiger charge is -2.17. The van der Waals surface area contributed by atoms with E-state index in [1.807, 2.05) is 0 Å². The summed E-state index contributed by atoms with van der Waals surface area (Å²) >= 11 is 7.65. The van der Waals surface area contributed by atoms with Crippen molar-refractivity contribution in [3.8, 4) is 0 Å². The maximum atomic E-state index is 12.1. The van der Waals surface area contributed by atoms with Crippen molar-refractivity contribution in [2.24, 2.45) is 0 Å². The lowest BCUT2D eigenvalue weighted by atomic mass is 10.2. The van der Waals surface area contributed by atoms with Crippen LogP contribution in [-0.2, 0) is 4.79 Å². The van der Waals surface area contributed by atoms with E-state index in [0.29, 0.717) is 22.0 Å². The van der Waals surface area contributed by atoms with E-state index in [1.54, 1.807) is 30.0 Å². The molecule has 120 valence electrons. The summed E-state index contributed by atoms with van der Waals surface area (Å²) in [6.07, 6.45) is 2.04. The second kappa shape index (κ2) is 6.92. The molecule has 0 atom stereocenters. The van der Waals surface area contributed by atoms with Crippen molar-refractivity contribution >= 4 is 40.9 Å². The number of amides is 2. The number of nitrogens with one attached hydrogen (secondary N) is 2. The van der Waals surface area contributed by atoms with Crippen molar-refractivity contribution in [1.29, 1.82) is 0 Å². The molecule has 1 aromatic rings. The molecule has 0 saturated heterocycles. The molecule has 4 nitrogen and oxygen atoms in total. The van der Waals surface area contributed by atoms with E-state index in [1.165, 1.54) is 0 Å². The number of carbonyl (C=O) groups excluding carboxylic acids is 2. The Kier molecular flexibility index (Phi) is 5.40. The molecule has 1 aromatic carbocycles. The van der Waals surface area contributed by atoms with Crippen LogP contribution in [0.5, 0.6) is 0 Å². The molecule has 0 aliphatic heterocycles. The predicted octanol–water partition coefficient (Wildman–Crippen LogP) is 3.70. The van der Waals surface area contributed by atoms with Gasteiger partial charge in [0.05, 0.1) is 16.3 Å². The van der Waals surface area contributed by atoms with E-state index in [2.05, 4.69) is 31.4 Å². The van der Waals surface area contributed by atoms with Gasteiger partial charge < -0.3 is 10.6 Å². The largest absolute Gasteiger partial charge is 0.349 e. The van der Waals surface area contributed by atoms with Gasteiger partial charge in [0.15, 0.2) is 0 Å². The van der Waals surface area contributed by atoms with E-state index in [-0.39, 0.29) is 22.6 Å². The summed E-state index contributed by atoms with van der Waals surface area (Å²) in [7, 11) is 0. The summed E-state index contributed by atoms with van der Waals surface area (Å²) in [5, 5.41) is 6.09. The summed E-state index contributed by atoms with van der Waals surface area (Å²) in [5.41, 5.74) is 0.986. The quantitative estimate of drug-likeness (QED) is 0.859. The standard InChI is InChI=1S/C16H21ClN2O2S/c1-16(2,3)22-9-14(20)18-11-6-7-13(17)12(8-11)15(21)19-10-4-5-10/h6-8,10H,4-5,9H2,1-3H3,(H,18,20)(H,19,21). The van der Waals surface area contributed by atoms with Gasteiger partial charge in [-0.05, 0) is 31.0 Å². The third kappa shape index (κ3) is 5.54. The normalized spacial score (nSPS) is 14.5. The third-order valence-corrected chi connectivity index (χ3v) is 4.65. The highest BCUT2D eigenvalue weighted by Crippen LogP contribution is 2.25. The molecule has 22 heavy (non-hydrogen) atoms. The highest BCUT2D eigenvalue weighted by atomic mass is 35.5. The molecule has 2 amide bonds. The molecular formula is C16H21ClN2O2S. The van der Waals surface area contributed by atoms with E-state index in [4.69, 9.17) is 11.6 Å². The molecule has 6 heteroatoms. The molecule has 2 N–H and O–H groups in total. The Labute approximate surface area is 140 Å². The first kappa shape index (κ1) is 17.2. The van der Waals surface area contributed by atoms with Crippen LogP contribution < -0.4 is 10.6 Å². The predicted molar refractivity (Wildman–Crippen MR) is 92.8 cm³/mol. The zero-order valence-electron chi connectivity index (χ0n) is 13.0. The number of hydrogen-bond acceptors (Lipinski definition) is 3. The van der Waals surface area contributed by atoms with Crippen LogP contribution in [0.1, 0.15) is 44.0 Å². The van der Waals surface area contributed by atoms with Gasteiger partial charge >= 0.3 is 0 Å². The minimum absolute atomic E-state index is 0.0344. The number of halogens is 1. The highest BCUT2D eigenvalue weighted by molar-refractivity contribution is 8.01. The summed E-state index contributed by atoms with van der Waals surface area (Å²) in [5.74, 6) is 0.0962. The number of rotatable bonds is 5. The first-order chi connectivity index (χ1) is 10.2. The molecule has 0 radical (unpaired) electrons. The maximum absolute atomic E-state index is 12.1. The number of anilines is 1. The first-order valence-electron chi connectivity index (χ1n) is 7.29. The Balaban J connectivity index is 1.99. The summed E-state index contributed by atoms with van der Waals surface area (Å²) in [6.45, 7) is 6.19. The number of carbonyl (C=O) groups is 2. The monoisotopic (exact) mass is 340 g/mol. The van der Waals surface area contributed by atoms with Crippen molar-refractivity contribution < 1.29 is 9.59 Å². The van der Waals surface area contributed by atoms with Crippen molar-refractivity contribution in [3.05, 3.63) is 28.8 Å². The molecule has 0 unspecified atom stereocenters. The fraction of sp³-hybridized carbons (Fsp3) is 0.500. The smallest absolute Gasteiger partial charge is 0.253 e. The van der Waals surface area contributed by atoms with E-state index in [9.17, 15) is 9.59 Å². The Morgan fingerprint density at radius 2 is 2.00 bits per heavy atom. The SMILES string of the molecule is CC(C)(C)SCC(=O)Nc1ccc(Cl)c(C(=O)NC2CC2)c1. The molecule has 0 bridgehead atoms. The molecule has 0 heterocycles. The molecule has 1 aliphatic carbocycles. The second-order valence-electron chi connectivity index (χ2n) is 6.39. The van der Waals surface area contributed by atoms with Crippen LogP contribution in [0, 0.1) is 0 Å². The summed E-state index contributed by atoms with van der Waals surface area (Å²) in [4.78, 5) is 24.0. The minimum Gasteiger partial charge on any atom is -0.349 e. The average molecular weight is 341 g/mol. The molecule has 1 fully saturated rings. The third-order valence-electron chi connectivity index (χ3n) is 3.04. The Morgan fingerprint density at radius 3 is 2.59 bits per heavy atom. The fourth-order valence-electron chi connectivity index (χ4n) is 1.75. The van der Waals surface area contributed by atoms with Crippen molar-refractivity contribution in [1.82, 2.24) is 5.32 Å². The van der Waals surface area contributed by atoms with Gasteiger partial charge in [0, 0.05) is 16.5 Å². The zero-order valence-corrected chi connectivity index (χ0v) is 14.6. The Hall–Kier alpha value is -1.20. The lowest BCUT2D eigenvalue weighted by Crippen LogP contribution is -2.26.